The fourth-order valence-electron chi connectivity index (χ4n) is 2.58. The van der Waals surface area contributed by atoms with E-state index in [-0.39, 0.29) is 17.0 Å². The van der Waals surface area contributed by atoms with Gasteiger partial charge in [0.05, 0.1) is 32.8 Å². The lowest BCUT2D eigenvalue weighted by Crippen LogP contribution is -3.00. The molecule has 0 aromatic carbocycles. The van der Waals surface area contributed by atoms with Gasteiger partial charge < -0.3 is 22.1 Å². The third-order valence-electron chi connectivity index (χ3n) is 3.10. The molecule has 2 saturated heterocycles. The fourth-order valence-corrected chi connectivity index (χ4v) is 2.58. The molecule has 0 aliphatic carbocycles. The average Bonchev–Trinajstić information content (AvgIpc) is 2.45. The summed E-state index contributed by atoms with van der Waals surface area (Å²) in [7, 11) is 0. The van der Waals surface area contributed by atoms with E-state index >= 15 is 0 Å². The molecule has 4 heteroatoms. The van der Waals surface area contributed by atoms with Gasteiger partial charge in [-0.05, 0) is 0 Å². The van der Waals surface area contributed by atoms with Crippen LogP contribution in [0.5, 0.6) is 0 Å². The molecule has 0 saturated carbocycles. The Morgan fingerprint density at radius 2 is 1.75 bits per heavy atom. The van der Waals surface area contributed by atoms with Crippen LogP contribution in [0.3, 0.4) is 0 Å². The van der Waals surface area contributed by atoms with Crippen molar-refractivity contribution < 1.29 is 26.7 Å². The number of fused-ring (bicyclic) bond motifs is 1. The second kappa shape index (κ2) is 4.05. The lowest BCUT2D eigenvalue weighted by atomic mass is 10.3. The summed E-state index contributed by atoms with van der Waals surface area (Å²) in [4.78, 5) is 0. The van der Waals surface area contributed by atoms with Crippen LogP contribution in [0.2, 0.25) is 0 Å². The Balaban J connectivity index is 0.000000720. The van der Waals surface area contributed by atoms with Crippen LogP contribution in [-0.4, -0.2) is 54.0 Å². The quantitative estimate of drug-likeness (QED) is 0.512. The van der Waals surface area contributed by atoms with Gasteiger partial charge in [0.15, 0.2) is 0 Å². The first kappa shape index (κ1) is 10.4. The third kappa shape index (κ3) is 1.53. The van der Waals surface area contributed by atoms with Crippen LogP contribution in [-0.2, 0) is 0 Å². The predicted molar refractivity (Wildman–Crippen MR) is 42.8 cm³/mol. The van der Waals surface area contributed by atoms with Crippen LogP contribution in [0, 0.1) is 0 Å². The van der Waals surface area contributed by atoms with Gasteiger partial charge in [-0.3, -0.25) is 0 Å². The zero-order valence-corrected chi connectivity index (χ0v) is 8.96. The van der Waals surface area contributed by atoms with Gasteiger partial charge in [-0.2, -0.15) is 5.01 Å². The molecule has 2 rings (SSSR count). The first-order valence-corrected chi connectivity index (χ1v) is 4.60. The standard InChI is InChI=1S/C8H17N2O.BrH/c11-8-7-10-5-1-3-9(10)4-2-6-10;/h11H,1-8H2;1H/q+1;/p-1. The number of aliphatic hydroxyl groups excluding tert-OH is 1. The van der Waals surface area contributed by atoms with Crippen LogP contribution in [0.1, 0.15) is 12.8 Å². The van der Waals surface area contributed by atoms with E-state index in [2.05, 4.69) is 5.01 Å². The molecule has 2 aliphatic rings. The molecule has 0 aromatic rings. The fraction of sp³-hybridized carbons (Fsp3) is 1.00. The van der Waals surface area contributed by atoms with Crippen molar-refractivity contribution in [2.75, 3.05) is 39.3 Å². The SMILES string of the molecule is OCC[N+]12CCCN1CCC2.[Br-]. The molecule has 1 N–H and O–H groups in total. The summed E-state index contributed by atoms with van der Waals surface area (Å²) in [6, 6.07) is 0. The van der Waals surface area contributed by atoms with Crippen LogP contribution >= 0.6 is 0 Å². The minimum Gasteiger partial charge on any atom is -1.00 e. The number of quaternary nitrogens is 1. The molecular weight excluding hydrogens is 220 g/mol. The Kier molecular flexibility index (Phi) is 3.52. The average molecular weight is 237 g/mol. The normalized spacial score (nSPS) is 26.8. The van der Waals surface area contributed by atoms with Crippen LogP contribution in [0.15, 0.2) is 0 Å². The van der Waals surface area contributed by atoms with Crippen molar-refractivity contribution >= 4 is 0 Å². The second-order valence-corrected chi connectivity index (χ2v) is 3.65. The molecule has 2 aliphatic heterocycles. The van der Waals surface area contributed by atoms with Gasteiger partial charge in [-0.25, -0.2) is 4.59 Å². The van der Waals surface area contributed by atoms with Gasteiger partial charge in [0.2, 0.25) is 0 Å². The Bertz CT molecular complexity index is 144. The topological polar surface area (TPSA) is 23.5 Å². The summed E-state index contributed by atoms with van der Waals surface area (Å²) in [6.45, 7) is 6.32. The summed E-state index contributed by atoms with van der Waals surface area (Å²) in [5.41, 5.74) is 0. The van der Waals surface area contributed by atoms with E-state index in [1.54, 1.807) is 0 Å². The number of hydrogen-bond acceptors (Lipinski definition) is 2. The number of nitrogens with zero attached hydrogens (tertiary/aromatic N) is 2. The Morgan fingerprint density at radius 3 is 2.25 bits per heavy atom. The summed E-state index contributed by atoms with van der Waals surface area (Å²) < 4.78 is 1.09. The molecule has 0 radical (unpaired) electrons. The van der Waals surface area contributed by atoms with Crippen LogP contribution in [0.25, 0.3) is 0 Å². The van der Waals surface area contributed by atoms with Gasteiger partial charge >= 0.3 is 0 Å². The molecule has 0 aromatic heterocycles. The van der Waals surface area contributed by atoms with Gasteiger partial charge in [0.25, 0.3) is 0 Å². The highest BCUT2D eigenvalue weighted by atomic mass is 79.9. The van der Waals surface area contributed by atoms with Gasteiger partial charge in [0, 0.05) is 12.8 Å². The van der Waals surface area contributed by atoms with Gasteiger partial charge in [0.1, 0.15) is 6.54 Å². The Labute approximate surface area is 84.3 Å². The van der Waals surface area contributed by atoms with E-state index < -0.39 is 0 Å². The first-order valence-electron chi connectivity index (χ1n) is 4.60. The van der Waals surface area contributed by atoms with Crippen LogP contribution in [0.4, 0.5) is 0 Å². The van der Waals surface area contributed by atoms with Crippen molar-refractivity contribution in [2.24, 2.45) is 0 Å². The summed E-state index contributed by atoms with van der Waals surface area (Å²) in [5.74, 6) is 0. The lowest BCUT2D eigenvalue weighted by Gasteiger charge is -2.34. The molecule has 0 spiro atoms. The molecule has 0 atom stereocenters. The minimum absolute atomic E-state index is 0. The van der Waals surface area contributed by atoms with Crippen LogP contribution < -0.4 is 17.0 Å². The third-order valence-corrected chi connectivity index (χ3v) is 3.10. The maximum Gasteiger partial charge on any atom is 0.120 e. The van der Waals surface area contributed by atoms with Crippen molar-refractivity contribution in [3.05, 3.63) is 0 Å². The van der Waals surface area contributed by atoms with Gasteiger partial charge in [-0.15, -0.1) is 0 Å². The lowest BCUT2D eigenvalue weighted by molar-refractivity contribution is -1.01. The van der Waals surface area contributed by atoms with Crippen molar-refractivity contribution in [1.82, 2.24) is 5.01 Å². The Hall–Kier alpha value is 0.360. The number of halogens is 1. The van der Waals surface area contributed by atoms with Gasteiger partial charge in [-0.1, -0.05) is 0 Å². The summed E-state index contributed by atoms with van der Waals surface area (Å²) in [6.07, 6.45) is 2.64. The predicted octanol–water partition coefficient (Wildman–Crippen LogP) is -3.18. The van der Waals surface area contributed by atoms with Crippen molar-refractivity contribution in [2.45, 2.75) is 12.8 Å². The number of aliphatic hydroxyl groups is 1. The van der Waals surface area contributed by atoms with E-state index in [4.69, 9.17) is 5.11 Å². The maximum atomic E-state index is 8.93. The number of hydrogen-bond donors (Lipinski definition) is 1. The molecule has 2 fully saturated rings. The van der Waals surface area contributed by atoms with Crippen molar-refractivity contribution in [3.8, 4) is 0 Å². The summed E-state index contributed by atoms with van der Waals surface area (Å²) in [5, 5.41) is 11.5. The molecule has 12 heavy (non-hydrogen) atoms. The van der Waals surface area contributed by atoms with Crippen molar-refractivity contribution in [3.63, 3.8) is 0 Å². The highest BCUT2D eigenvalue weighted by molar-refractivity contribution is 4.64. The molecule has 0 unspecified atom stereocenters. The number of rotatable bonds is 2. The van der Waals surface area contributed by atoms with E-state index in [1.165, 1.54) is 39.0 Å². The molecule has 3 nitrogen and oxygen atoms in total. The van der Waals surface area contributed by atoms with E-state index in [0.717, 1.165) is 11.1 Å². The minimum atomic E-state index is 0. The zero-order chi connectivity index (χ0) is 7.73. The summed E-state index contributed by atoms with van der Waals surface area (Å²) >= 11 is 0. The maximum absolute atomic E-state index is 8.93. The Morgan fingerprint density at radius 1 is 1.17 bits per heavy atom. The van der Waals surface area contributed by atoms with E-state index in [9.17, 15) is 0 Å². The zero-order valence-electron chi connectivity index (χ0n) is 7.38. The highest BCUT2D eigenvalue weighted by Gasteiger charge is 2.43. The van der Waals surface area contributed by atoms with Crippen molar-refractivity contribution in [1.29, 1.82) is 0 Å². The van der Waals surface area contributed by atoms with E-state index in [0.29, 0.717) is 6.61 Å². The molecule has 2 heterocycles. The molecule has 72 valence electrons. The van der Waals surface area contributed by atoms with E-state index in [1.807, 2.05) is 0 Å². The first-order chi connectivity index (χ1) is 5.37. The largest absolute Gasteiger partial charge is 1.00 e. The smallest absolute Gasteiger partial charge is 0.120 e. The second-order valence-electron chi connectivity index (χ2n) is 3.65. The highest BCUT2D eigenvalue weighted by Crippen LogP contribution is 2.27. The molecule has 0 amide bonds. The molecule has 0 bridgehead atoms. The monoisotopic (exact) mass is 236 g/mol. The molecular formula is C8H17BrN2O.